The van der Waals surface area contributed by atoms with Crippen LogP contribution < -0.4 is 5.32 Å². The molecule has 4 heteroatoms. The summed E-state index contributed by atoms with van der Waals surface area (Å²) in [5.41, 5.74) is 4.50. The number of hydrogen-bond donors (Lipinski definition) is 2. The van der Waals surface area contributed by atoms with Crippen LogP contribution in [0.3, 0.4) is 0 Å². The van der Waals surface area contributed by atoms with Crippen molar-refractivity contribution >= 4 is 28.1 Å². The monoisotopic (exact) mass is 338 g/mol. The Morgan fingerprint density at radius 2 is 2.25 bits per heavy atom. The van der Waals surface area contributed by atoms with Gasteiger partial charge in [-0.05, 0) is 54.7 Å². The average molecular weight is 338 g/mol. The molecule has 0 saturated heterocycles. The third kappa shape index (κ3) is 2.86. The molecule has 1 aliphatic rings. The SMILES string of the molecule is CC1CCc2[nH]c3c(C(=O)NCCc4cccs4)cccc3c2C1. The zero-order chi connectivity index (χ0) is 16.5. The predicted octanol–water partition coefficient (Wildman–Crippen LogP) is 4.33. The van der Waals surface area contributed by atoms with Gasteiger partial charge in [0.2, 0.25) is 0 Å². The highest BCUT2D eigenvalue weighted by Gasteiger charge is 2.22. The molecule has 0 spiro atoms. The van der Waals surface area contributed by atoms with Crippen molar-refractivity contribution in [2.75, 3.05) is 6.54 Å². The van der Waals surface area contributed by atoms with Crippen LogP contribution in [0.5, 0.6) is 0 Å². The first-order valence-electron chi connectivity index (χ1n) is 8.65. The Hall–Kier alpha value is -2.07. The van der Waals surface area contributed by atoms with Crippen molar-refractivity contribution < 1.29 is 4.79 Å². The number of carbonyl (C=O) groups is 1. The van der Waals surface area contributed by atoms with Crippen LogP contribution in [-0.2, 0) is 19.3 Å². The number of aromatic amines is 1. The first kappa shape index (κ1) is 15.5. The molecule has 2 N–H and O–H groups in total. The van der Waals surface area contributed by atoms with Crippen molar-refractivity contribution in [3.63, 3.8) is 0 Å². The number of thiophene rings is 1. The van der Waals surface area contributed by atoms with Crippen LogP contribution in [0.4, 0.5) is 0 Å². The van der Waals surface area contributed by atoms with Gasteiger partial charge < -0.3 is 10.3 Å². The third-order valence-electron chi connectivity index (χ3n) is 4.95. The maximum absolute atomic E-state index is 12.6. The molecule has 0 radical (unpaired) electrons. The van der Waals surface area contributed by atoms with E-state index in [4.69, 9.17) is 0 Å². The van der Waals surface area contributed by atoms with E-state index in [1.165, 1.54) is 27.9 Å². The number of para-hydroxylation sites is 1. The number of H-pyrrole nitrogens is 1. The highest BCUT2D eigenvalue weighted by atomic mass is 32.1. The van der Waals surface area contributed by atoms with Crippen LogP contribution in [0.15, 0.2) is 35.7 Å². The number of rotatable bonds is 4. The molecule has 3 aromatic rings. The molecular weight excluding hydrogens is 316 g/mol. The molecule has 0 aliphatic heterocycles. The van der Waals surface area contributed by atoms with Gasteiger partial charge in [0.25, 0.3) is 5.91 Å². The summed E-state index contributed by atoms with van der Waals surface area (Å²) in [6.45, 7) is 2.98. The molecule has 2 heterocycles. The lowest BCUT2D eigenvalue weighted by Gasteiger charge is -2.17. The maximum Gasteiger partial charge on any atom is 0.253 e. The molecule has 1 amide bonds. The number of carbonyl (C=O) groups excluding carboxylic acids is 1. The first-order chi connectivity index (χ1) is 11.7. The van der Waals surface area contributed by atoms with Crippen LogP contribution in [-0.4, -0.2) is 17.4 Å². The lowest BCUT2D eigenvalue weighted by molar-refractivity contribution is 0.0955. The number of aromatic nitrogens is 1. The van der Waals surface area contributed by atoms with E-state index in [1.807, 2.05) is 18.2 Å². The van der Waals surface area contributed by atoms with Gasteiger partial charge in [0.1, 0.15) is 0 Å². The van der Waals surface area contributed by atoms with Crippen LogP contribution in [0.1, 0.15) is 39.8 Å². The van der Waals surface area contributed by atoms with Gasteiger partial charge in [-0.25, -0.2) is 0 Å². The van der Waals surface area contributed by atoms with Crippen molar-refractivity contribution in [1.29, 1.82) is 0 Å². The normalized spacial score (nSPS) is 17.0. The molecular formula is C20H22N2OS. The second-order valence-corrected chi connectivity index (χ2v) is 7.78. The average Bonchev–Trinajstić information content (AvgIpc) is 3.21. The number of amides is 1. The number of hydrogen-bond acceptors (Lipinski definition) is 2. The summed E-state index contributed by atoms with van der Waals surface area (Å²) < 4.78 is 0. The molecule has 1 aromatic carbocycles. The maximum atomic E-state index is 12.6. The molecule has 4 rings (SSSR count). The van der Waals surface area contributed by atoms with Crippen LogP contribution in [0, 0.1) is 5.92 Å². The summed E-state index contributed by atoms with van der Waals surface area (Å²) in [5.74, 6) is 0.739. The lowest BCUT2D eigenvalue weighted by atomic mass is 9.87. The summed E-state index contributed by atoms with van der Waals surface area (Å²) in [6.07, 6.45) is 4.31. The molecule has 124 valence electrons. The highest BCUT2D eigenvalue weighted by Crippen LogP contribution is 2.32. The van der Waals surface area contributed by atoms with E-state index < -0.39 is 0 Å². The number of fused-ring (bicyclic) bond motifs is 3. The van der Waals surface area contributed by atoms with Crippen molar-refractivity contribution in [1.82, 2.24) is 10.3 Å². The molecule has 0 saturated carbocycles. The van der Waals surface area contributed by atoms with Gasteiger partial charge in [-0.3, -0.25) is 4.79 Å². The van der Waals surface area contributed by atoms with E-state index >= 15 is 0 Å². The Labute approximate surface area is 146 Å². The second-order valence-electron chi connectivity index (χ2n) is 6.74. The number of aryl methyl sites for hydroxylation is 1. The Morgan fingerprint density at radius 3 is 3.08 bits per heavy atom. The lowest BCUT2D eigenvalue weighted by Crippen LogP contribution is -2.25. The minimum absolute atomic E-state index is 0.0174. The standard InChI is InChI=1S/C20H22N2OS/c1-13-7-8-18-17(12-13)15-5-2-6-16(19(15)22-18)20(23)21-10-9-14-4-3-11-24-14/h2-6,11,13,22H,7-10,12H2,1H3,(H,21,23). The fraction of sp³-hybridized carbons (Fsp3) is 0.350. The van der Waals surface area contributed by atoms with Crippen LogP contribution in [0.25, 0.3) is 10.9 Å². The van der Waals surface area contributed by atoms with Crippen LogP contribution in [0.2, 0.25) is 0 Å². The van der Waals surface area contributed by atoms with Crippen molar-refractivity contribution in [3.05, 3.63) is 57.4 Å². The Balaban J connectivity index is 1.56. The van der Waals surface area contributed by atoms with E-state index in [0.717, 1.165) is 36.3 Å². The molecule has 1 unspecified atom stereocenters. The summed E-state index contributed by atoms with van der Waals surface area (Å²) in [6, 6.07) is 10.2. The van der Waals surface area contributed by atoms with Gasteiger partial charge in [-0.1, -0.05) is 25.1 Å². The van der Waals surface area contributed by atoms with Crippen LogP contribution >= 0.6 is 11.3 Å². The Kier molecular flexibility index (Phi) is 4.15. The molecule has 1 aliphatic carbocycles. The molecule has 2 aromatic heterocycles. The fourth-order valence-corrected chi connectivity index (χ4v) is 4.36. The third-order valence-corrected chi connectivity index (χ3v) is 5.89. The number of benzene rings is 1. The Morgan fingerprint density at radius 1 is 1.33 bits per heavy atom. The molecule has 1 atom stereocenters. The van der Waals surface area contributed by atoms with Gasteiger partial charge in [0.05, 0.1) is 11.1 Å². The van der Waals surface area contributed by atoms with Gasteiger partial charge in [-0.15, -0.1) is 11.3 Å². The Bertz CT molecular complexity index is 863. The van der Waals surface area contributed by atoms with E-state index in [0.29, 0.717) is 6.54 Å². The second kappa shape index (κ2) is 6.44. The molecule has 0 fully saturated rings. The summed E-state index contributed by atoms with van der Waals surface area (Å²) in [7, 11) is 0. The van der Waals surface area contributed by atoms with Crippen molar-refractivity contribution in [2.24, 2.45) is 5.92 Å². The minimum Gasteiger partial charge on any atom is -0.358 e. The van der Waals surface area contributed by atoms with Gasteiger partial charge >= 0.3 is 0 Å². The molecule has 3 nitrogen and oxygen atoms in total. The van der Waals surface area contributed by atoms with E-state index in [9.17, 15) is 4.79 Å². The summed E-state index contributed by atoms with van der Waals surface area (Å²) >= 11 is 1.73. The minimum atomic E-state index is 0.0174. The number of nitrogens with one attached hydrogen (secondary N) is 2. The fourth-order valence-electron chi connectivity index (χ4n) is 3.65. The van der Waals surface area contributed by atoms with E-state index in [1.54, 1.807) is 11.3 Å². The largest absolute Gasteiger partial charge is 0.358 e. The van der Waals surface area contributed by atoms with Crippen molar-refractivity contribution in [3.8, 4) is 0 Å². The zero-order valence-corrected chi connectivity index (χ0v) is 14.7. The molecule has 24 heavy (non-hydrogen) atoms. The quantitative estimate of drug-likeness (QED) is 0.731. The summed E-state index contributed by atoms with van der Waals surface area (Å²) in [5, 5.41) is 6.36. The first-order valence-corrected chi connectivity index (χ1v) is 9.53. The molecule has 0 bridgehead atoms. The van der Waals surface area contributed by atoms with E-state index in [2.05, 4.69) is 34.7 Å². The highest BCUT2D eigenvalue weighted by molar-refractivity contribution is 7.09. The van der Waals surface area contributed by atoms with Crippen molar-refractivity contribution in [2.45, 2.75) is 32.6 Å². The topological polar surface area (TPSA) is 44.9 Å². The van der Waals surface area contributed by atoms with E-state index in [-0.39, 0.29) is 5.91 Å². The smallest absolute Gasteiger partial charge is 0.253 e. The summed E-state index contributed by atoms with van der Waals surface area (Å²) in [4.78, 5) is 17.5. The zero-order valence-electron chi connectivity index (χ0n) is 13.9. The van der Waals surface area contributed by atoms with Gasteiger partial charge in [0.15, 0.2) is 0 Å². The van der Waals surface area contributed by atoms with Gasteiger partial charge in [0, 0.05) is 22.5 Å². The van der Waals surface area contributed by atoms with Gasteiger partial charge in [-0.2, -0.15) is 0 Å². The predicted molar refractivity (Wildman–Crippen MR) is 99.8 cm³/mol.